The molecule has 2 aliphatic carbocycles. The first-order valence-electron chi connectivity index (χ1n) is 7.17. The minimum absolute atomic E-state index is 0.0399. The standard InChI is InChI=1S/C14H22N4O/c1-9-7-17-18(8-9)5-4-16-14(19)12-10-2-3-11(6-10)13(12)15/h7-8,10-13H,2-6,15H2,1H3,(H,16,19). The summed E-state index contributed by atoms with van der Waals surface area (Å²) in [4.78, 5) is 12.2. The van der Waals surface area contributed by atoms with Crippen molar-refractivity contribution in [1.82, 2.24) is 15.1 Å². The molecule has 2 bridgehead atoms. The highest BCUT2D eigenvalue weighted by molar-refractivity contribution is 5.80. The smallest absolute Gasteiger partial charge is 0.225 e. The summed E-state index contributed by atoms with van der Waals surface area (Å²) in [6.07, 6.45) is 7.34. The number of carbonyl (C=O) groups is 1. The van der Waals surface area contributed by atoms with Crippen LogP contribution in [-0.4, -0.2) is 28.3 Å². The van der Waals surface area contributed by atoms with Crippen molar-refractivity contribution < 1.29 is 4.79 Å². The molecule has 4 unspecified atom stereocenters. The highest BCUT2D eigenvalue weighted by Crippen LogP contribution is 2.47. The van der Waals surface area contributed by atoms with Gasteiger partial charge in [-0.25, -0.2) is 0 Å². The van der Waals surface area contributed by atoms with Crippen molar-refractivity contribution in [2.24, 2.45) is 23.5 Å². The average molecular weight is 262 g/mol. The summed E-state index contributed by atoms with van der Waals surface area (Å²) in [5, 5.41) is 7.22. The van der Waals surface area contributed by atoms with Crippen LogP contribution in [0.25, 0.3) is 0 Å². The van der Waals surface area contributed by atoms with E-state index in [9.17, 15) is 4.79 Å². The molecule has 2 saturated carbocycles. The Morgan fingerprint density at radius 2 is 2.32 bits per heavy atom. The third kappa shape index (κ3) is 2.39. The lowest BCUT2D eigenvalue weighted by molar-refractivity contribution is -0.127. The molecule has 5 nitrogen and oxygen atoms in total. The number of rotatable bonds is 4. The van der Waals surface area contributed by atoms with Gasteiger partial charge in [-0.1, -0.05) is 0 Å². The molecule has 4 atom stereocenters. The van der Waals surface area contributed by atoms with E-state index >= 15 is 0 Å². The number of aromatic nitrogens is 2. The first kappa shape index (κ1) is 12.7. The Morgan fingerprint density at radius 3 is 2.95 bits per heavy atom. The van der Waals surface area contributed by atoms with Crippen LogP contribution in [0.15, 0.2) is 12.4 Å². The highest BCUT2D eigenvalue weighted by Gasteiger charge is 2.48. The lowest BCUT2D eigenvalue weighted by Crippen LogP contribution is -2.45. The van der Waals surface area contributed by atoms with Gasteiger partial charge in [0, 0.05) is 18.8 Å². The molecule has 2 fully saturated rings. The summed E-state index contributed by atoms with van der Waals surface area (Å²) in [6, 6.07) is 0.0747. The van der Waals surface area contributed by atoms with Crippen LogP contribution < -0.4 is 11.1 Å². The van der Waals surface area contributed by atoms with Crippen molar-refractivity contribution in [3.8, 4) is 0 Å². The van der Waals surface area contributed by atoms with E-state index in [0.29, 0.717) is 18.4 Å². The molecule has 2 aliphatic rings. The molecular formula is C14H22N4O. The Hall–Kier alpha value is -1.36. The van der Waals surface area contributed by atoms with Crippen molar-refractivity contribution in [3.05, 3.63) is 18.0 Å². The lowest BCUT2D eigenvalue weighted by Gasteiger charge is -2.26. The zero-order valence-electron chi connectivity index (χ0n) is 11.4. The van der Waals surface area contributed by atoms with Crippen LogP contribution in [0.3, 0.4) is 0 Å². The molecule has 1 heterocycles. The zero-order valence-corrected chi connectivity index (χ0v) is 11.4. The summed E-state index contributed by atoms with van der Waals surface area (Å²) in [5.41, 5.74) is 7.31. The fraction of sp³-hybridized carbons (Fsp3) is 0.714. The van der Waals surface area contributed by atoms with Gasteiger partial charge in [0.25, 0.3) is 0 Å². The maximum Gasteiger partial charge on any atom is 0.225 e. The molecule has 1 amide bonds. The van der Waals surface area contributed by atoms with E-state index < -0.39 is 0 Å². The number of nitrogens with zero attached hydrogens (tertiary/aromatic N) is 2. The maximum absolute atomic E-state index is 12.2. The van der Waals surface area contributed by atoms with Crippen molar-refractivity contribution in [1.29, 1.82) is 0 Å². The van der Waals surface area contributed by atoms with Crippen LogP contribution in [0.1, 0.15) is 24.8 Å². The summed E-state index contributed by atoms with van der Waals surface area (Å²) in [5.74, 6) is 1.28. The minimum atomic E-state index is 0.0399. The van der Waals surface area contributed by atoms with Crippen molar-refractivity contribution in [2.75, 3.05) is 6.54 Å². The number of aryl methyl sites for hydroxylation is 1. The molecule has 0 radical (unpaired) electrons. The normalized spacial score (nSPS) is 32.7. The quantitative estimate of drug-likeness (QED) is 0.838. The Morgan fingerprint density at radius 1 is 1.53 bits per heavy atom. The number of nitrogens with one attached hydrogen (secondary N) is 1. The number of hydrogen-bond acceptors (Lipinski definition) is 3. The molecule has 0 saturated heterocycles. The molecular weight excluding hydrogens is 240 g/mol. The van der Waals surface area contributed by atoms with E-state index in [1.54, 1.807) is 0 Å². The second-order valence-corrected chi connectivity index (χ2v) is 6.01. The van der Waals surface area contributed by atoms with Gasteiger partial charge in [-0.2, -0.15) is 5.10 Å². The van der Waals surface area contributed by atoms with E-state index in [2.05, 4.69) is 10.4 Å². The Kier molecular flexibility index (Phi) is 3.31. The van der Waals surface area contributed by atoms with E-state index in [-0.39, 0.29) is 17.9 Å². The Labute approximate surface area is 113 Å². The first-order valence-corrected chi connectivity index (χ1v) is 7.17. The van der Waals surface area contributed by atoms with Gasteiger partial charge in [0.1, 0.15) is 0 Å². The van der Waals surface area contributed by atoms with Crippen LogP contribution in [0, 0.1) is 24.7 Å². The van der Waals surface area contributed by atoms with Gasteiger partial charge < -0.3 is 11.1 Å². The molecule has 5 heteroatoms. The maximum atomic E-state index is 12.2. The predicted octanol–water partition coefficient (Wildman–Crippen LogP) is 0.681. The van der Waals surface area contributed by atoms with Gasteiger partial charge in [-0.05, 0) is 43.6 Å². The molecule has 3 N–H and O–H groups in total. The Bertz CT molecular complexity index is 468. The van der Waals surface area contributed by atoms with Crippen LogP contribution in [0.2, 0.25) is 0 Å². The fourth-order valence-electron chi connectivity index (χ4n) is 3.73. The monoisotopic (exact) mass is 262 g/mol. The lowest BCUT2D eigenvalue weighted by atomic mass is 9.84. The zero-order chi connectivity index (χ0) is 13.4. The average Bonchev–Trinajstić information content (AvgIpc) is 3.05. The molecule has 0 aromatic carbocycles. The van der Waals surface area contributed by atoms with Gasteiger partial charge in [-0.3, -0.25) is 9.48 Å². The molecule has 104 valence electrons. The SMILES string of the molecule is Cc1cnn(CCNC(=O)C2C3CCC(C3)C2N)c1. The Balaban J connectivity index is 1.49. The van der Waals surface area contributed by atoms with E-state index in [1.165, 1.54) is 12.8 Å². The number of amides is 1. The van der Waals surface area contributed by atoms with Crippen LogP contribution in [0.4, 0.5) is 0 Å². The largest absolute Gasteiger partial charge is 0.354 e. The number of hydrogen-bond donors (Lipinski definition) is 2. The fourth-order valence-corrected chi connectivity index (χ4v) is 3.73. The van der Waals surface area contributed by atoms with Crippen LogP contribution >= 0.6 is 0 Å². The third-order valence-corrected chi connectivity index (χ3v) is 4.69. The summed E-state index contributed by atoms with van der Waals surface area (Å²) in [7, 11) is 0. The summed E-state index contributed by atoms with van der Waals surface area (Å²) >= 11 is 0. The first-order chi connectivity index (χ1) is 9.15. The van der Waals surface area contributed by atoms with Crippen molar-refractivity contribution >= 4 is 5.91 Å². The highest BCUT2D eigenvalue weighted by atomic mass is 16.1. The van der Waals surface area contributed by atoms with E-state index in [4.69, 9.17) is 5.73 Å². The second kappa shape index (κ2) is 4.96. The van der Waals surface area contributed by atoms with Crippen molar-refractivity contribution in [2.45, 2.75) is 38.8 Å². The topological polar surface area (TPSA) is 72.9 Å². The van der Waals surface area contributed by atoms with Crippen LogP contribution in [-0.2, 0) is 11.3 Å². The number of fused-ring (bicyclic) bond motifs is 2. The molecule has 1 aromatic rings. The van der Waals surface area contributed by atoms with E-state index in [0.717, 1.165) is 18.5 Å². The van der Waals surface area contributed by atoms with Crippen LogP contribution in [0.5, 0.6) is 0 Å². The molecule has 0 spiro atoms. The summed E-state index contributed by atoms with van der Waals surface area (Å²) in [6.45, 7) is 3.35. The predicted molar refractivity (Wildman–Crippen MR) is 72.3 cm³/mol. The number of nitrogens with two attached hydrogens (primary N) is 1. The molecule has 3 rings (SSSR count). The third-order valence-electron chi connectivity index (χ3n) is 4.69. The van der Waals surface area contributed by atoms with E-state index in [1.807, 2.05) is 24.0 Å². The van der Waals surface area contributed by atoms with Gasteiger partial charge in [0.15, 0.2) is 0 Å². The molecule has 1 aromatic heterocycles. The van der Waals surface area contributed by atoms with Gasteiger partial charge in [0.2, 0.25) is 5.91 Å². The van der Waals surface area contributed by atoms with Gasteiger partial charge >= 0.3 is 0 Å². The van der Waals surface area contributed by atoms with Gasteiger partial charge in [0.05, 0.1) is 18.7 Å². The van der Waals surface area contributed by atoms with Crippen molar-refractivity contribution in [3.63, 3.8) is 0 Å². The summed E-state index contributed by atoms with van der Waals surface area (Å²) < 4.78 is 1.86. The molecule has 19 heavy (non-hydrogen) atoms. The number of carbonyl (C=O) groups excluding carboxylic acids is 1. The molecule has 0 aliphatic heterocycles. The second-order valence-electron chi connectivity index (χ2n) is 6.01. The minimum Gasteiger partial charge on any atom is -0.354 e. The van der Waals surface area contributed by atoms with Gasteiger partial charge in [-0.15, -0.1) is 0 Å².